The molecule has 7 heteroatoms. The molecule has 160 valence electrons. The smallest absolute Gasteiger partial charge is 0.333 e. The average molecular weight is 425 g/mol. The van der Waals surface area contributed by atoms with Crippen LogP contribution in [0.3, 0.4) is 0 Å². The summed E-state index contributed by atoms with van der Waals surface area (Å²) in [5.41, 5.74) is 3.38. The molecule has 4 nitrogen and oxygen atoms in total. The molecular weight excluding hydrogens is 403 g/mol. The molecule has 0 atom stereocenters. The van der Waals surface area contributed by atoms with Crippen LogP contribution >= 0.6 is 0 Å². The highest BCUT2D eigenvalue weighted by Gasteiger charge is 2.30. The van der Waals surface area contributed by atoms with Crippen LogP contribution in [0.5, 0.6) is 0 Å². The van der Waals surface area contributed by atoms with Gasteiger partial charge in [0.25, 0.3) is 5.91 Å². The minimum atomic E-state index is -4.36. The van der Waals surface area contributed by atoms with E-state index in [4.69, 9.17) is 0 Å². The van der Waals surface area contributed by atoms with Crippen molar-refractivity contribution in [2.24, 2.45) is 0 Å². The van der Waals surface area contributed by atoms with Crippen molar-refractivity contribution in [2.45, 2.75) is 38.9 Å². The van der Waals surface area contributed by atoms with Gasteiger partial charge in [-0.3, -0.25) is 4.79 Å². The lowest BCUT2D eigenvalue weighted by atomic mass is 9.94. The molecule has 1 aromatic heterocycles. The Kier molecular flexibility index (Phi) is 5.52. The molecule has 0 radical (unpaired) electrons. The lowest BCUT2D eigenvalue weighted by Gasteiger charge is -2.29. The zero-order valence-electron chi connectivity index (χ0n) is 17.3. The molecule has 1 aliphatic rings. The minimum Gasteiger partial charge on any atom is -0.333 e. The number of fused-ring (bicyclic) bond motifs is 1. The Hall–Kier alpha value is -3.22. The molecule has 0 spiro atoms. The van der Waals surface area contributed by atoms with Crippen molar-refractivity contribution in [3.63, 3.8) is 0 Å². The van der Waals surface area contributed by atoms with Crippen molar-refractivity contribution in [3.8, 4) is 11.1 Å². The number of carbonyl (C=O) groups is 1. The molecule has 0 saturated heterocycles. The van der Waals surface area contributed by atoms with E-state index in [-0.39, 0.29) is 11.8 Å². The summed E-state index contributed by atoms with van der Waals surface area (Å²) in [4.78, 5) is 23.4. The standard InChI is InChI=1S/C24H22F3N3O/c1-15(2)22-28-11-9-21(29-22)23(31)30-12-10-17-3-4-18(13-19(17)14-30)16-5-7-20(8-6-16)24(25,26)27/h3-9,11,13,15H,10,12,14H2,1-2H3. The number of hydrogen-bond acceptors (Lipinski definition) is 3. The number of amides is 1. The zero-order valence-corrected chi connectivity index (χ0v) is 17.3. The van der Waals surface area contributed by atoms with Gasteiger partial charge in [-0.1, -0.05) is 38.1 Å². The number of alkyl halides is 3. The zero-order chi connectivity index (χ0) is 22.2. The highest BCUT2D eigenvalue weighted by atomic mass is 19.4. The summed E-state index contributed by atoms with van der Waals surface area (Å²) in [5.74, 6) is 0.615. The van der Waals surface area contributed by atoms with Gasteiger partial charge in [0.05, 0.1) is 5.56 Å². The Morgan fingerprint density at radius 1 is 1.00 bits per heavy atom. The van der Waals surface area contributed by atoms with E-state index < -0.39 is 11.7 Å². The number of halogens is 3. The highest BCUT2D eigenvalue weighted by molar-refractivity contribution is 5.92. The predicted molar refractivity (Wildman–Crippen MR) is 111 cm³/mol. The molecule has 2 heterocycles. The molecule has 0 fully saturated rings. The van der Waals surface area contributed by atoms with Crippen molar-refractivity contribution in [1.82, 2.24) is 14.9 Å². The van der Waals surface area contributed by atoms with Crippen molar-refractivity contribution in [1.29, 1.82) is 0 Å². The van der Waals surface area contributed by atoms with Gasteiger partial charge in [-0.2, -0.15) is 13.2 Å². The molecule has 0 unspecified atom stereocenters. The van der Waals surface area contributed by atoms with E-state index in [2.05, 4.69) is 9.97 Å². The van der Waals surface area contributed by atoms with E-state index in [1.165, 1.54) is 12.1 Å². The maximum Gasteiger partial charge on any atom is 0.416 e. The lowest BCUT2D eigenvalue weighted by Crippen LogP contribution is -2.36. The fraction of sp³-hybridized carbons (Fsp3) is 0.292. The summed E-state index contributed by atoms with van der Waals surface area (Å²) >= 11 is 0. The van der Waals surface area contributed by atoms with Crippen LogP contribution in [0.1, 0.15) is 52.8 Å². The second kappa shape index (κ2) is 8.13. The van der Waals surface area contributed by atoms with Crippen LogP contribution in [0.4, 0.5) is 13.2 Å². The molecule has 0 aliphatic carbocycles. The third-order valence-corrected chi connectivity index (χ3v) is 5.46. The number of aromatic nitrogens is 2. The molecule has 0 bridgehead atoms. The van der Waals surface area contributed by atoms with E-state index in [0.717, 1.165) is 35.2 Å². The van der Waals surface area contributed by atoms with Gasteiger partial charge in [0.2, 0.25) is 0 Å². The summed E-state index contributed by atoms with van der Waals surface area (Å²) in [6, 6.07) is 12.6. The van der Waals surface area contributed by atoms with Crippen LogP contribution in [-0.2, 0) is 19.1 Å². The monoisotopic (exact) mass is 425 g/mol. The van der Waals surface area contributed by atoms with E-state index >= 15 is 0 Å². The first-order valence-electron chi connectivity index (χ1n) is 10.1. The Morgan fingerprint density at radius 2 is 1.71 bits per heavy atom. The predicted octanol–water partition coefficient (Wildman–Crippen LogP) is 5.48. The minimum absolute atomic E-state index is 0.126. The van der Waals surface area contributed by atoms with E-state index in [1.54, 1.807) is 17.2 Å². The van der Waals surface area contributed by atoms with Gasteiger partial charge in [0.15, 0.2) is 0 Å². The molecule has 1 amide bonds. The summed E-state index contributed by atoms with van der Waals surface area (Å²) in [6.07, 6.45) is -2.03. The third kappa shape index (κ3) is 4.45. The quantitative estimate of drug-likeness (QED) is 0.558. The second-order valence-corrected chi connectivity index (χ2v) is 7.99. The molecule has 2 aromatic carbocycles. The maximum absolute atomic E-state index is 13.0. The second-order valence-electron chi connectivity index (χ2n) is 7.99. The van der Waals surface area contributed by atoms with Gasteiger partial charge >= 0.3 is 6.18 Å². The van der Waals surface area contributed by atoms with Crippen LogP contribution < -0.4 is 0 Å². The number of rotatable bonds is 3. The van der Waals surface area contributed by atoms with Crippen molar-refractivity contribution in [3.05, 3.63) is 82.9 Å². The van der Waals surface area contributed by atoms with Gasteiger partial charge in [0, 0.05) is 25.2 Å². The molecule has 3 aromatic rings. The van der Waals surface area contributed by atoms with Gasteiger partial charge in [0.1, 0.15) is 11.5 Å². The summed E-state index contributed by atoms with van der Waals surface area (Å²) in [7, 11) is 0. The van der Waals surface area contributed by atoms with Crippen molar-refractivity contribution < 1.29 is 18.0 Å². The SMILES string of the molecule is CC(C)c1nccc(C(=O)N2CCc3ccc(-c4ccc(C(F)(F)F)cc4)cc3C2)n1. The van der Waals surface area contributed by atoms with E-state index in [1.807, 2.05) is 32.0 Å². The summed E-state index contributed by atoms with van der Waals surface area (Å²) in [5, 5.41) is 0. The first-order chi connectivity index (χ1) is 14.7. The van der Waals surface area contributed by atoms with Gasteiger partial charge < -0.3 is 4.90 Å². The van der Waals surface area contributed by atoms with Crippen LogP contribution in [0.15, 0.2) is 54.7 Å². The van der Waals surface area contributed by atoms with Crippen LogP contribution in [0.2, 0.25) is 0 Å². The maximum atomic E-state index is 13.0. The largest absolute Gasteiger partial charge is 0.416 e. The number of hydrogen-bond donors (Lipinski definition) is 0. The van der Waals surface area contributed by atoms with E-state index in [9.17, 15) is 18.0 Å². The Bertz CT molecular complexity index is 1110. The van der Waals surface area contributed by atoms with Crippen LogP contribution in [-0.4, -0.2) is 27.3 Å². The summed E-state index contributed by atoms with van der Waals surface area (Å²) < 4.78 is 38.5. The molecule has 4 rings (SSSR count). The van der Waals surface area contributed by atoms with Crippen molar-refractivity contribution >= 4 is 5.91 Å². The van der Waals surface area contributed by atoms with Gasteiger partial charge in [-0.15, -0.1) is 0 Å². The Labute approximate surface area is 178 Å². The molecule has 0 N–H and O–H groups in total. The number of nitrogens with zero attached hydrogens (tertiary/aromatic N) is 3. The first-order valence-corrected chi connectivity index (χ1v) is 10.1. The molecule has 0 saturated carbocycles. The highest BCUT2D eigenvalue weighted by Crippen LogP contribution is 2.32. The molecule has 1 aliphatic heterocycles. The third-order valence-electron chi connectivity index (χ3n) is 5.46. The molecular formula is C24H22F3N3O. The van der Waals surface area contributed by atoms with E-state index in [0.29, 0.717) is 30.2 Å². The summed E-state index contributed by atoms with van der Waals surface area (Å²) in [6.45, 7) is 4.98. The average Bonchev–Trinajstić information content (AvgIpc) is 2.77. The normalized spacial score (nSPS) is 13.9. The number of benzene rings is 2. The Balaban J connectivity index is 1.56. The topological polar surface area (TPSA) is 46.1 Å². The fourth-order valence-corrected chi connectivity index (χ4v) is 3.69. The van der Waals surface area contributed by atoms with Crippen LogP contribution in [0.25, 0.3) is 11.1 Å². The van der Waals surface area contributed by atoms with Gasteiger partial charge in [-0.05, 0) is 52.9 Å². The Morgan fingerprint density at radius 3 is 2.39 bits per heavy atom. The van der Waals surface area contributed by atoms with Crippen LogP contribution in [0, 0.1) is 0 Å². The lowest BCUT2D eigenvalue weighted by molar-refractivity contribution is -0.137. The fourth-order valence-electron chi connectivity index (χ4n) is 3.69. The van der Waals surface area contributed by atoms with Crippen molar-refractivity contribution in [2.75, 3.05) is 6.54 Å². The molecule has 31 heavy (non-hydrogen) atoms. The van der Waals surface area contributed by atoms with Gasteiger partial charge in [-0.25, -0.2) is 9.97 Å². The number of carbonyl (C=O) groups excluding carboxylic acids is 1. The first kappa shape index (κ1) is 21.0.